The Balaban J connectivity index is 4.05. The van der Waals surface area contributed by atoms with Crippen LogP contribution in [0.3, 0.4) is 0 Å². The SMILES string of the molecule is CNCC(C)CNC(=O)C(C)S(C)(=O)=O. The molecule has 0 aromatic carbocycles. The molecule has 0 rings (SSSR count). The van der Waals surface area contributed by atoms with Crippen molar-refractivity contribution in [1.29, 1.82) is 0 Å². The highest BCUT2D eigenvalue weighted by atomic mass is 32.2. The lowest BCUT2D eigenvalue weighted by Gasteiger charge is -2.14. The molecule has 90 valence electrons. The minimum atomic E-state index is -3.29. The number of carbonyl (C=O) groups excluding carboxylic acids is 1. The standard InChI is InChI=1S/C9H20N2O3S/c1-7(5-10-3)6-11-9(12)8(2)15(4,13)14/h7-8,10H,5-6H2,1-4H3,(H,11,12). The van der Waals surface area contributed by atoms with E-state index in [0.717, 1.165) is 12.8 Å². The summed E-state index contributed by atoms with van der Waals surface area (Å²) in [5.41, 5.74) is 0. The van der Waals surface area contributed by atoms with Gasteiger partial charge in [-0.1, -0.05) is 6.92 Å². The van der Waals surface area contributed by atoms with Gasteiger partial charge in [0, 0.05) is 12.8 Å². The third-order valence-corrected chi connectivity index (χ3v) is 3.69. The molecule has 0 aliphatic heterocycles. The third kappa shape index (κ3) is 5.74. The van der Waals surface area contributed by atoms with Gasteiger partial charge in [-0.25, -0.2) is 8.42 Å². The van der Waals surface area contributed by atoms with Gasteiger partial charge < -0.3 is 10.6 Å². The van der Waals surface area contributed by atoms with Crippen LogP contribution in [0.4, 0.5) is 0 Å². The van der Waals surface area contributed by atoms with Crippen molar-refractivity contribution in [3.8, 4) is 0 Å². The first-order valence-corrected chi connectivity index (χ1v) is 6.85. The van der Waals surface area contributed by atoms with Crippen molar-refractivity contribution in [3.05, 3.63) is 0 Å². The topological polar surface area (TPSA) is 75.3 Å². The summed E-state index contributed by atoms with van der Waals surface area (Å²) in [5, 5.41) is 4.62. The molecule has 2 unspecified atom stereocenters. The summed E-state index contributed by atoms with van der Waals surface area (Å²) in [6, 6.07) is 0. The van der Waals surface area contributed by atoms with Gasteiger partial charge in [0.15, 0.2) is 9.84 Å². The van der Waals surface area contributed by atoms with E-state index in [1.165, 1.54) is 6.92 Å². The Labute approximate surface area is 91.5 Å². The quantitative estimate of drug-likeness (QED) is 0.645. The number of sulfone groups is 1. The van der Waals surface area contributed by atoms with E-state index in [2.05, 4.69) is 10.6 Å². The van der Waals surface area contributed by atoms with Gasteiger partial charge in [-0.2, -0.15) is 0 Å². The average molecular weight is 236 g/mol. The molecule has 15 heavy (non-hydrogen) atoms. The molecule has 2 atom stereocenters. The van der Waals surface area contributed by atoms with E-state index in [0.29, 0.717) is 6.54 Å². The molecule has 0 aromatic heterocycles. The largest absolute Gasteiger partial charge is 0.355 e. The average Bonchev–Trinajstić information content (AvgIpc) is 2.12. The second-order valence-corrected chi connectivity index (χ2v) is 6.25. The molecule has 0 saturated heterocycles. The number of carbonyl (C=O) groups is 1. The van der Waals surface area contributed by atoms with Crippen molar-refractivity contribution in [1.82, 2.24) is 10.6 Å². The van der Waals surface area contributed by atoms with Gasteiger partial charge in [-0.15, -0.1) is 0 Å². The van der Waals surface area contributed by atoms with Crippen LogP contribution in [-0.4, -0.2) is 46.0 Å². The van der Waals surface area contributed by atoms with Gasteiger partial charge >= 0.3 is 0 Å². The molecular formula is C9H20N2O3S. The molecule has 0 aliphatic rings. The lowest BCUT2D eigenvalue weighted by Crippen LogP contribution is -2.40. The highest BCUT2D eigenvalue weighted by Crippen LogP contribution is 1.98. The van der Waals surface area contributed by atoms with Crippen LogP contribution >= 0.6 is 0 Å². The summed E-state index contributed by atoms with van der Waals surface area (Å²) in [7, 11) is -1.46. The molecule has 1 amide bonds. The van der Waals surface area contributed by atoms with Crippen LogP contribution < -0.4 is 10.6 Å². The minimum absolute atomic E-state index is 0.283. The van der Waals surface area contributed by atoms with Gasteiger partial charge in [0.05, 0.1) is 0 Å². The molecule has 0 spiro atoms. The maximum atomic E-state index is 11.4. The molecule has 5 nitrogen and oxygen atoms in total. The highest BCUT2D eigenvalue weighted by Gasteiger charge is 2.23. The Bertz CT molecular complexity index is 300. The minimum Gasteiger partial charge on any atom is -0.355 e. The van der Waals surface area contributed by atoms with Crippen LogP contribution in [0.15, 0.2) is 0 Å². The van der Waals surface area contributed by atoms with Crippen LogP contribution in [0.2, 0.25) is 0 Å². The Hall–Kier alpha value is -0.620. The van der Waals surface area contributed by atoms with Gasteiger partial charge in [-0.3, -0.25) is 4.79 Å². The number of rotatable bonds is 6. The maximum Gasteiger partial charge on any atom is 0.238 e. The molecule has 0 heterocycles. The molecule has 0 aromatic rings. The normalized spacial score (nSPS) is 15.7. The second kappa shape index (κ2) is 6.07. The predicted molar refractivity (Wildman–Crippen MR) is 60.4 cm³/mol. The van der Waals surface area contributed by atoms with Gasteiger partial charge in [0.25, 0.3) is 0 Å². The van der Waals surface area contributed by atoms with Crippen molar-refractivity contribution < 1.29 is 13.2 Å². The molecule has 0 bridgehead atoms. The third-order valence-electron chi connectivity index (χ3n) is 2.19. The molecule has 0 fully saturated rings. The van der Waals surface area contributed by atoms with E-state index in [9.17, 15) is 13.2 Å². The Morgan fingerprint density at radius 1 is 1.27 bits per heavy atom. The lowest BCUT2D eigenvalue weighted by atomic mass is 10.2. The van der Waals surface area contributed by atoms with E-state index < -0.39 is 21.0 Å². The van der Waals surface area contributed by atoms with Crippen molar-refractivity contribution in [2.75, 3.05) is 26.4 Å². The van der Waals surface area contributed by atoms with Crippen LogP contribution in [0.1, 0.15) is 13.8 Å². The smallest absolute Gasteiger partial charge is 0.238 e. The second-order valence-electron chi connectivity index (χ2n) is 3.88. The number of hydrogen-bond donors (Lipinski definition) is 2. The van der Waals surface area contributed by atoms with Crippen LogP contribution in [-0.2, 0) is 14.6 Å². The van der Waals surface area contributed by atoms with E-state index in [1.807, 2.05) is 14.0 Å². The predicted octanol–water partition coefficient (Wildman–Crippen LogP) is -0.609. The summed E-state index contributed by atoms with van der Waals surface area (Å²) in [6.07, 6.45) is 1.06. The van der Waals surface area contributed by atoms with E-state index in [-0.39, 0.29) is 5.92 Å². The van der Waals surface area contributed by atoms with Gasteiger partial charge in [0.2, 0.25) is 5.91 Å². The molecule has 6 heteroatoms. The van der Waals surface area contributed by atoms with E-state index in [1.54, 1.807) is 0 Å². The first-order valence-electron chi connectivity index (χ1n) is 4.90. The summed E-state index contributed by atoms with van der Waals surface area (Å²) in [5.74, 6) is -0.147. The maximum absolute atomic E-state index is 11.4. The summed E-state index contributed by atoms with van der Waals surface area (Å²) in [4.78, 5) is 11.4. The van der Waals surface area contributed by atoms with Crippen molar-refractivity contribution in [2.24, 2.45) is 5.92 Å². The fourth-order valence-electron chi connectivity index (χ4n) is 1.03. The number of amides is 1. The van der Waals surface area contributed by atoms with Crippen LogP contribution in [0.5, 0.6) is 0 Å². The van der Waals surface area contributed by atoms with Crippen LogP contribution in [0.25, 0.3) is 0 Å². The van der Waals surface area contributed by atoms with Gasteiger partial charge in [-0.05, 0) is 26.4 Å². The molecular weight excluding hydrogens is 216 g/mol. The van der Waals surface area contributed by atoms with E-state index in [4.69, 9.17) is 0 Å². The zero-order valence-electron chi connectivity index (χ0n) is 9.70. The molecule has 0 aliphatic carbocycles. The number of hydrogen-bond acceptors (Lipinski definition) is 4. The van der Waals surface area contributed by atoms with Crippen molar-refractivity contribution in [3.63, 3.8) is 0 Å². The first kappa shape index (κ1) is 14.4. The number of nitrogens with one attached hydrogen (secondary N) is 2. The van der Waals surface area contributed by atoms with E-state index >= 15 is 0 Å². The Kier molecular flexibility index (Phi) is 5.82. The summed E-state index contributed by atoms with van der Waals surface area (Å²) in [6.45, 7) is 4.64. The first-order chi connectivity index (χ1) is 6.79. The Morgan fingerprint density at radius 2 is 1.80 bits per heavy atom. The van der Waals surface area contributed by atoms with Crippen molar-refractivity contribution >= 4 is 15.7 Å². The molecule has 2 N–H and O–H groups in total. The Morgan fingerprint density at radius 3 is 2.20 bits per heavy atom. The summed E-state index contributed by atoms with van der Waals surface area (Å²) < 4.78 is 22.1. The van der Waals surface area contributed by atoms with Crippen LogP contribution in [0, 0.1) is 5.92 Å². The fourth-order valence-corrected chi connectivity index (χ4v) is 1.51. The van der Waals surface area contributed by atoms with Crippen molar-refractivity contribution in [2.45, 2.75) is 19.1 Å². The highest BCUT2D eigenvalue weighted by molar-refractivity contribution is 7.92. The summed E-state index contributed by atoms with van der Waals surface area (Å²) >= 11 is 0. The fraction of sp³-hybridized carbons (Fsp3) is 0.889. The molecule has 0 radical (unpaired) electrons. The zero-order chi connectivity index (χ0) is 12.1. The lowest BCUT2D eigenvalue weighted by molar-refractivity contribution is -0.120. The van der Waals surface area contributed by atoms with Gasteiger partial charge in [0.1, 0.15) is 5.25 Å². The monoisotopic (exact) mass is 236 g/mol. The molecule has 0 saturated carbocycles. The zero-order valence-corrected chi connectivity index (χ0v) is 10.5.